The molecular formula is C10H19IO2. The third kappa shape index (κ3) is 5.18. The second-order valence-corrected chi connectivity index (χ2v) is 4.17. The van der Waals surface area contributed by atoms with Crippen LogP contribution in [0.2, 0.25) is 0 Å². The van der Waals surface area contributed by atoms with Crippen molar-refractivity contribution in [3.8, 4) is 0 Å². The molecule has 1 aliphatic heterocycles. The van der Waals surface area contributed by atoms with Gasteiger partial charge in [-0.1, -0.05) is 55.2 Å². The fourth-order valence-electron chi connectivity index (χ4n) is 1.51. The Morgan fingerprint density at radius 2 is 2.08 bits per heavy atom. The zero-order valence-electron chi connectivity index (χ0n) is 8.30. The van der Waals surface area contributed by atoms with Gasteiger partial charge in [-0.15, -0.1) is 0 Å². The van der Waals surface area contributed by atoms with Gasteiger partial charge in [0.2, 0.25) is 0 Å². The fourth-order valence-corrected chi connectivity index (χ4v) is 1.77. The van der Waals surface area contributed by atoms with Crippen molar-refractivity contribution in [1.82, 2.24) is 0 Å². The Morgan fingerprint density at radius 3 is 2.77 bits per heavy atom. The maximum Gasteiger partial charge on any atom is 0.107 e. The molecule has 2 atom stereocenters. The van der Waals surface area contributed by atoms with Crippen LogP contribution in [-0.2, 0) is 9.47 Å². The Kier molecular flexibility index (Phi) is 6.32. The highest BCUT2D eigenvalue weighted by Crippen LogP contribution is 2.27. The van der Waals surface area contributed by atoms with Crippen LogP contribution >= 0.6 is 22.6 Å². The highest BCUT2D eigenvalue weighted by molar-refractivity contribution is 14.1. The molecule has 3 heteroatoms. The molecule has 13 heavy (non-hydrogen) atoms. The number of hydrogen-bond acceptors (Lipinski definition) is 2. The van der Waals surface area contributed by atoms with E-state index in [1.807, 2.05) is 0 Å². The molecule has 2 unspecified atom stereocenters. The quantitative estimate of drug-likeness (QED) is 0.297. The van der Waals surface area contributed by atoms with E-state index in [1.165, 1.54) is 32.1 Å². The van der Waals surface area contributed by atoms with Gasteiger partial charge >= 0.3 is 0 Å². The van der Waals surface area contributed by atoms with E-state index >= 15 is 0 Å². The van der Waals surface area contributed by atoms with Gasteiger partial charge < -0.3 is 9.47 Å². The van der Waals surface area contributed by atoms with Crippen molar-refractivity contribution >= 4 is 22.6 Å². The van der Waals surface area contributed by atoms with Crippen LogP contribution in [0.5, 0.6) is 0 Å². The molecule has 0 aromatic carbocycles. The van der Waals surface area contributed by atoms with E-state index in [0.717, 1.165) is 11.2 Å². The molecule has 1 fully saturated rings. The van der Waals surface area contributed by atoms with Crippen molar-refractivity contribution in [2.24, 2.45) is 0 Å². The zero-order chi connectivity index (χ0) is 9.52. The molecule has 0 aliphatic carbocycles. The van der Waals surface area contributed by atoms with Crippen LogP contribution in [0.25, 0.3) is 0 Å². The molecule has 1 heterocycles. The van der Waals surface area contributed by atoms with E-state index < -0.39 is 0 Å². The van der Waals surface area contributed by atoms with E-state index in [1.54, 1.807) is 0 Å². The molecule has 0 saturated carbocycles. The van der Waals surface area contributed by atoms with Gasteiger partial charge in [0.25, 0.3) is 0 Å². The van der Waals surface area contributed by atoms with Crippen molar-refractivity contribution in [2.75, 3.05) is 11.2 Å². The Labute approximate surface area is 94.5 Å². The number of halogens is 1. The molecule has 0 spiro atoms. The van der Waals surface area contributed by atoms with Crippen LogP contribution < -0.4 is 0 Å². The van der Waals surface area contributed by atoms with Crippen LogP contribution in [0, 0.1) is 0 Å². The molecule has 78 valence electrons. The van der Waals surface area contributed by atoms with Crippen molar-refractivity contribution in [3.05, 3.63) is 0 Å². The predicted octanol–water partition coefficient (Wildman–Crippen LogP) is 3.13. The third-order valence-corrected chi connectivity index (χ3v) is 2.83. The van der Waals surface area contributed by atoms with Gasteiger partial charge in [0.15, 0.2) is 0 Å². The molecule has 1 rings (SSSR count). The van der Waals surface area contributed by atoms with Gasteiger partial charge in [-0.25, -0.2) is 0 Å². The van der Waals surface area contributed by atoms with E-state index in [9.17, 15) is 0 Å². The molecule has 2 nitrogen and oxygen atoms in total. The highest BCUT2D eigenvalue weighted by Gasteiger charge is 2.37. The van der Waals surface area contributed by atoms with Crippen LogP contribution in [0.1, 0.15) is 39.0 Å². The summed E-state index contributed by atoms with van der Waals surface area (Å²) in [5.74, 6) is 0. The van der Waals surface area contributed by atoms with Gasteiger partial charge in [-0.3, -0.25) is 0 Å². The number of alkyl halides is 1. The number of hydrogen-bond donors (Lipinski definition) is 0. The van der Waals surface area contributed by atoms with E-state index in [-0.39, 0.29) is 0 Å². The second-order valence-electron chi connectivity index (χ2n) is 3.54. The maximum atomic E-state index is 5.47. The minimum Gasteiger partial charge on any atom is -0.368 e. The molecule has 0 amide bonds. The van der Waals surface area contributed by atoms with Crippen LogP contribution in [0.4, 0.5) is 0 Å². The monoisotopic (exact) mass is 298 g/mol. The smallest absolute Gasteiger partial charge is 0.107 e. The average Bonchev–Trinajstić information content (AvgIpc) is 2.88. The lowest BCUT2D eigenvalue weighted by molar-refractivity contribution is 0.165. The van der Waals surface area contributed by atoms with Crippen LogP contribution in [0.3, 0.4) is 0 Å². The topological polar surface area (TPSA) is 21.8 Å². The van der Waals surface area contributed by atoms with E-state index in [4.69, 9.17) is 9.47 Å². The third-order valence-electron chi connectivity index (χ3n) is 2.39. The summed E-state index contributed by atoms with van der Waals surface area (Å²) in [5.41, 5.74) is 0. The molecule has 0 radical (unpaired) electrons. The lowest BCUT2D eigenvalue weighted by Crippen LogP contribution is -2.03. The number of epoxide rings is 1. The average molecular weight is 298 g/mol. The first-order valence-corrected chi connectivity index (χ1v) is 6.70. The Hall–Kier alpha value is 0.650. The van der Waals surface area contributed by atoms with Gasteiger partial charge in [-0.05, 0) is 6.42 Å². The van der Waals surface area contributed by atoms with Crippen LogP contribution in [-0.4, -0.2) is 23.4 Å². The van der Waals surface area contributed by atoms with Gasteiger partial charge in [0, 0.05) is 0 Å². The summed E-state index contributed by atoms with van der Waals surface area (Å²) in [6, 6.07) is 0. The standard InChI is InChI=1S/C10H19IO2/c1-2-3-4-5-6-9-10(13-9)7-12-8-11/h9-10H,2-8H2,1H3. The largest absolute Gasteiger partial charge is 0.368 e. The minimum absolute atomic E-state index is 0.413. The maximum absolute atomic E-state index is 5.47. The lowest BCUT2D eigenvalue weighted by atomic mass is 10.1. The second kappa shape index (κ2) is 7.01. The molecule has 1 saturated heterocycles. The highest BCUT2D eigenvalue weighted by atomic mass is 127. The lowest BCUT2D eigenvalue weighted by Gasteiger charge is -1.96. The Morgan fingerprint density at radius 1 is 1.23 bits per heavy atom. The van der Waals surface area contributed by atoms with Gasteiger partial charge in [-0.2, -0.15) is 0 Å². The number of ether oxygens (including phenoxy) is 2. The summed E-state index contributed by atoms with van der Waals surface area (Å²) in [4.78, 5) is 0. The first kappa shape index (κ1) is 11.7. The summed E-state index contributed by atoms with van der Waals surface area (Å²) in [6.07, 6.45) is 7.51. The Bertz CT molecular complexity index is 130. The predicted molar refractivity (Wildman–Crippen MR) is 62.3 cm³/mol. The molecular weight excluding hydrogens is 279 g/mol. The molecule has 0 bridgehead atoms. The van der Waals surface area contributed by atoms with Gasteiger partial charge in [0.05, 0.1) is 17.3 Å². The summed E-state index contributed by atoms with van der Waals surface area (Å²) < 4.78 is 11.5. The summed E-state index contributed by atoms with van der Waals surface area (Å²) in [7, 11) is 0. The van der Waals surface area contributed by atoms with Gasteiger partial charge in [0.1, 0.15) is 6.10 Å². The normalized spacial score (nSPS) is 26.3. The van der Waals surface area contributed by atoms with Crippen LogP contribution in [0.15, 0.2) is 0 Å². The summed E-state index contributed by atoms with van der Waals surface area (Å²) >= 11 is 2.22. The Balaban J connectivity index is 1.83. The first-order chi connectivity index (χ1) is 6.38. The number of unbranched alkanes of at least 4 members (excludes halogenated alkanes) is 3. The molecule has 0 N–H and O–H groups in total. The summed E-state index contributed by atoms with van der Waals surface area (Å²) in [6.45, 7) is 3.03. The van der Waals surface area contributed by atoms with E-state index in [2.05, 4.69) is 29.5 Å². The van der Waals surface area contributed by atoms with Crippen molar-refractivity contribution in [3.63, 3.8) is 0 Å². The summed E-state index contributed by atoms with van der Waals surface area (Å²) in [5, 5.41) is 0. The fraction of sp³-hybridized carbons (Fsp3) is 1.00. The molecule has 1 aliphatic rings. The first-order valence-electron chi connectivity index (χ1n) is 5.17. The zero-order valence-corrected chi connectivity index (χ0v) is 10.5. The van der Waals surface area contributed by atoms with Crippen molar-refractivity contribution in [2.45, 2.75) is 51.2 Å². The molecule has 0 aromatic heterocycles. The van der Waals surface area contributed by atoms with E-state index in [0.29, 0.717) is 12.2 Å². The minimum atomic E-state index is 0.413. The van der Waals surface area contributed by atoms with Crippen molar-refractivity contribution in [1.29, 1.82) is 0 Å². The molecule has 0 aromatic rings. The number of rotatable bonds is 8. The van der Waals surface area contributed by atoms with Crippen molar-refractivity contribution < 1.29 is 9.47 Å². The SMILES string of the molecule is CCCCCCC1OC1COCI.